The molecule has 0 saturated carbocycles. The highest BCUT2D eigenvalue weighted by Gasteiger charge is 2.17. The first kappa shape index (κ1) is 20.3. The van der Waals surface area contributed by atoms with Crippen LogP contribution in [0.3, 0.4) is 0 Å². The molecule has 0 saturated heterocycles. The fourth-order valence-electron chi connectivity index (χ4n) is 2.85. The van der Waals surface area contributed by atoms with Crippen molar-refractivity contribution in [3.05, 3.63) is 46.5 Å². The maximum atomic E-state index is 12.6. The highest BCUT2D eigenvalue weighted by molar-refractivity contribution is 6.32. The third-order valence-corrected chi connectivity index (χ3v) is 4.46. The van der Waals surface area contributed by atoms with E-state index in [9.17, 15) is 4.79 Å². The van der Waals surface area contributed by atoms with E-state index in [0.717, 1.165) is 17.5 Å². The van der Waals surface area contributed by atoms with Crippen LogP contribution in [0.5, 0.6) is 17.2 Å². The second kappa shape index (κ2) is 9.66. The number of halogens is 1. The smallest absolute Gasteiger partial charge is 0.228 e. The van der Waals surface area contributed by atoms with Crippen LogP contribution in [0.15, 0.2) is 30.3 Å². The van der Waals surface area contributed by atoms with Gasteiger partial charge in [-0.15, -0.1) is 0 Å². The minimum Gasteiger partial charge on any atom is -0.489 e. The molecule has 1 N–H and O–H groups in total. The summed E-state index contributed by atoms with van der Waals surface area (Å²) in [6.07, 6.45) is 0.946. The summed E-state index contributed by atoms with van der Waals surface area (Å²) in [5, 5.41) is 3.35. The molecule has 0 spiro atoms. The van der Waals surface area contributed by atoms with E-state index in [2.05, 4.69) is 5.32 Å². The third-order valence-electron chi connectivity index (χ3n) is 4.18. The Morgan fingerprint density at radius 2 is 2.00 bits per heavy atom. The largest absolute Gasteiger partial charge is 0.489 e. The highest BCUT2D eigenvalue weighted by atomic mass is 35.5. The van der Waals surface area contributed by atoms with Crippen molar-refractivity contribution >= 4 is 23.2 Å². The molecule has 0 radical (unpaired) electrons. The summed E-state index contributed by atoms with van der Waals surface area (Å²) < 4.78 is 22.0. The lowest BCUT2D eigenvalue weighted by atomic mass is 10.1. The fraction of sp³-hybridized carbons (Fsp3) is 0.381. The van der Waals surface area contributed by atoms with E-state index in [-0.39, 0.29) is 12.3 Å². The van der Waals surface area contributed by atoms with Gasteiger partial charge in [0.15, 0.2) is 11.5 Å². The molecule has 1 heterocycles. The summed E-state index contributed by atoms with van der Waals surface area (Å²) >= 11 is 6.31. The third kappa shape index (κ3) is 5.30. The molecule has 2 aromatic rings. The number of aryl methyl sites for hydroxylation is 1. The van der Waals surface area contributed by atoms with Gasteiger partial charge in [-0.05, 0) is 42.3 Å². The second-order valence-electron chi connectivity index (χ2n) is 6.52. The first-order valence-corrected chi connectivity index (χ1v) is 9.55. The van der Waals surface area contributed by atoms with Crippen LogP contribution < -0.4 is 19.5 Å². The quantitative estimate of drug-likeness (QED) is 0.705. The molecule has 7 heteroatoms. The number of benzene rings is 2. The number of fused-ring (bicyclic) bond motifs is 1. The van der Waals surface area contributed by atoms with Crippen LogP contribution in [0.25, 0.3) is 0 Å². The van der Waals surface area contributed by atoms with Gasteiger partial charge in [-0.2, -0.15) is 0 Å². The van der Waals surface area contributed by atoms with Crippen LogP contribution in [0.1, 0.15) is 17.5 Å². The number of rotatable bonds is 7. The average Bonchev–Trinajstić information content (AvgIpc) is 2.90. The van der Waals surface area contributed by atoms with Crippen LogP contribution in [0.4, 0.5) is 5.69 Å². The van der Waals surface area contributed by atoms with Crippen molar-refractivity contribution in [1.82, 2.24) is 0 Å². The Labute approximate surface area is 169 Å². The zero-order valence-electron chi connectivity index (χ0n) is 16.0. The predicted molar refractivity (Wildman–Crippen MR) is 108 cm³/mol. The van der Waals surface area contributed by atoms with Crippen molar-refractivity contribution in [3.63, 3.8) is 0 Å². The molecule has 1 aliphatic rings. The zero-order valence-corrected chi connectivity index (χ0v) is 16.8. The van der Waals surface area contributed by atoms with Gasteiger partial charge in [0.1, 0.15) is 12.4 Å². The molecular formula is C21H24ClNO5. The predicted octanol–water partition coefficient (Wildman–Crippen LogP) is 4.02. The number of methoxy groups -OCH3 is 1. The number of anilines is 1. The first-order chi connectivity index (χ1) is 13.6. The molecule has 150 valence electrons. The van der Waals surface area contributed by atoms with Gasteiger partial charge >= 0.3 is 0 Å². The molecule has 2 aromatic carbocycles. The topological polar surface area (TPSA) is 66.0 Å². The summed E-state index contributed by atoms with van der Waals surface area (Å²) in [7, 11) is 1.61. The van der Waals surface area contributed by atoms with E-state index in [1.807, 2.05) is 25.1 Å². The summed E-state index contributed by atoms with van der Waals surface area (Å²) in [4.78, 5) is 12.6. The number of hydrogen-bond acceptors (Lipinski definition) is 5. The SMILES string of the molecule is COCCOc1cc(C)ccc1NC(=O)Cc1cc(Cl)c2c(c1)OCCCO2. The molecule has 0 unspecified atom stereocenters. The maximum absolute atomic E-state index is 12.6. The van der Waals surface area contributed by atoms with Gasteiger partial charge in [-0.1, -0.05) is 17.7 Å². The monoisotopic (exact) mass is 405 g/mol. The van der Waals surface area contributed by atoms with E-state index in [1.54, 1.807) is 19.2 Å². The van der Waals surface area contributed by atoms with Crippen molar-refractivity contribution in [2.75, 3.05) is 38.9 Å². The number of nitrogens with one attached hydrogen (secondary N) is 1. The Bertz CT molecular complexity index is 840. The van der Waals surface area contributed by atoms with Gasteiger partial charge < -0.3 is 24.3 Å². The lowest BCUT2D eigenvalue weighted by Crippen LogP contribution is -2.16. The van der Waals surface area contributed by atoms with E-state index in [1.165, 1.54) is 0 Å². The highest BCUT2D eigenvalue weighted by Crippen LogP contribution is 2.38. The van der Waals surface area contributed by atoms with Crippen LogP contribution in [-0.2, 0) is 16.0 Å². The molecule has 0 aromatic heterocycles. The number of amides is 1. The lowest BCUT2D eigenvalue weighted by Gasteiger charge is -2.14. The molecule has 28 heavy (non-hydrogen) atoms. The molecule has 0 bridgehead atoms. The molecule has 1 aliphatic heterocycles. The van der Waals surface area contributed by atoms with E-state index < -0.39 is 0 Å². The molecule has 3 rings (SSSR count). The van der Waals surface area contributed by atoms with Gasteiger partial charge in [0.05, 0.1) is 37.0 Å². The van der Waals surface area contributed by atoms with Gasteiger partial charge in [0.2, 0.25) is 5.91 Å². The number of hydrogen-bond donors (Lipinski definition) is 1. The lowest BCUT2D eigenvalue weighted by molar-refractivity contribution is -0.115. The molecule has 0 atom stereocenters. The summed E-state index contributed by atoms with van der Waals surface area (Å²) in [5.41, 5.74) is 2.41. The van der Waals surface area contributed by atoms with Crippen LogP contribution in [0, 0.1) is 6.92 Å². The zero-order chi connectivity index (χ0) is 19.9. The van der Waals surface area contributed by atoms with E-state index in [0.29, 0.717) is 54.4 Å². The van der Waals surface area contributed by atoms with Crippen LogP contribution >= 0.6 is 11.6 Å². The number of carbonyl (C=O) groups is 1. The van der Waals surface area contributed by atoms with Crippen molar-refractivity contribution in [3.8, 4) is 17.2 Å². The Kier molecular flexibility index (Phi) is 7.01. The Morgan fingerprint density at radius 3 is 2.82 bits per heavy atom. The van der Waals surface area contributed by atoms with E-state index in [4.69, 9.17) is 30.5 Å². The van der Waals surface area contributed by atoms with Crippen molar-refractivity contribution in [2.45, 2.75) is 19.8 Å². The minimum absolute atomic E-state index is 0.155. The molecule has 1 amide bonds. The molecule has 0 fully saturated rings. The normalized spacial score (nSPS) is 13.0. The van der Waals surface area contributed by atoms with Gasteiger partial charge in [-0.3, -0.25) is 4.79 Å². The summed E-state index contributed by atoms with van der Waals surface area (Å²) in [6.45, 7) is 3.96. The van der Waals surface area contributed by atoms with Gasteiger partial charge in [-0.25, -0.2) is 0 Å². The Hall–Kier alpha value is -2.44. The maximum Gasteiger partial charge on any atom is 0.228 e. The van der Waals surface area contributed by atoms with Crippen molar-refractivity contribution in [1.29, 1.82) is 0 Å². The number of ether oxygens (including phenoxy) is 4. The summed E-state index contributed by atoms with van der Waals surface area (Å²) in [5.74, 6) is 1.55. The number of carbonyl (C=O) groups excluding carboxylic acids is 1. The standard InChI is InChI=1S/C21H24ClNO5/c1-14-4-5-17(18(10-14)27-9-8-25-2)23-20(24)13-15-11-16(22)21-19(12-15)26-6-3-7-28-21/h4-5,10-12H,3,6-9,13H2,1-2H3,(H,23,24). The molecule has 0 aliphatic carbocycles. The average molecular weight is 406 g/mol. The van der Waals surface area contributed by atoms with Crippen LogP contribution in [0.2, 0.25) is 5.02 Å². The van der Waals surface area contributed by atoms with Gasteiger partial charge in [0.25, 0.3) is 0 Å². The second-order valence-corrected chi connectivity index (χ2v) is 6.93. The van der Waals surface area contributed by atoms with Crippen molar-refractivity contribution in [2.24, 2.45) is 0 Å². The van der Waals surface area contributed by atoms with E-state index >= 15 is 0 Å². The van der Waals surface area contributed by atoms with Gasteiger partial charge in [0, 0.05) is 13.5 Å². The van der Waals surface area contributed by atoms with Crippen molar-refractivity contribution < 1.29 is 23.7 Å². The molecule has 6 nitrogen and oxygen atoms in total. The van der Waals surface area contributed by atoms with Crippen LogP contribution in [-0.4, -0.2) is 39.4 Å². The Morgan fingerprint density at radius 1 is 1.18 bits per heavy atom. The minimum atomic E-state index is -0.175. The molecular weight excluding hydrogens is 382 g/mol. The first-order valence-electron chi connectivity index (χ1n) is 9.17. The fourth-order valence-corrected chi connectivity index (χ4v) is 3.14. The summed E-state index contributed by atoms with van der Waals surface area (Å²) in [6, 6.07) is 9.17. The Balaban J connectivity index is 1.71.